The number of nitrogens with zero attached hydrogens (tertiary/aromatic N) is 1. The summed E-state index contributed by atoms with van der Waals surface area (Å²) in [6.07, 6.45) is -0.0325. The summed E-state index contributed by atoms with van der Waals surface area (Å²) in [6, 6.07) is 6.98. The Kier molecular flexibility index (Phi) is 5.78. The van der Waals surface area contributed by atoms with Crippen molar-refractivity contribution in [3.05, 3.63) is 39.9 Å². The second-order valence-electron chi connectivity index (χ2n) is 3.96. The van der Waals surface area contributed by atoms with E-state index in [4.69, 9.17) is 9.47 Å². The van der Waals surface area contributed by atoms with Crippen LogP contribution in [-0.2, 0) is 9.53 Å². The molecule has 1 aromatic carbocycles. The number of rotatable bonds is 7. The molecule has 0 aromatic heterocycles. The number of carbonyl (C=O) groups excluding carboxylic acids is 1. The van der Waals surface area contributed by atoms with Gasteiger partial charge in [0.05, 0.1) is 26.1 Å². The Bertz CT molecular complexity index is 446. The van der Waals surface area contributed by atoms with Gasteiger partial charge >= 0.3 is 5.97 Å². The van der Waals surface area contributed by atoms with E-state index in [1.165, 1.54) is 7.11 Å². The zero-order chi connectivity index (χ0) is 14.3. The van der Waals surface area contributed by atoms with Crippen LogP contribution in [0.1, 0.15) is 24.8 Å². The van der Waals surface area contributed by atoms with Gasteiger partial charge in [-0.2, -0.15) is 0 Å². The van der Waals surface area contributed by atoms with Gasteiger partial charge in [-0.3, -0.25) is 14.9 Å². The molecule has 0 N–H and O–H groups in total. The molecule has 0 aliphatic carbocycles. The molecule has 19 heavy (non-hydrogen) atoms. The van der Waals surface area contributed by atoms with Gasteiger partial charge < -0.3 is 9.47 Å². The number of ether oxygens (including phenoxy) is 2. The first kappa shape index (κ1) is 14.9. The molecule has 0 spiro atoms. The lowest BCUT2D eigenvalue weighted by Gasteiger charge is -2.15. The zero-order valence-electron chi connectivity index (χ0n) is 11.0. The highest BCUT2D eigenvalue weighted by atomic mass is 16.6. The highest BCUT2D eigenvalue weighted by Gasteiger charge is 2.24. The molecule has 0 saturated heterocycles. The highest BCUT2D eigenvalue weighted by molar-refractivity contribution is 5.70. The minimum Gasteiger partial charge on any atom is -0.496 e. The molecule has 0 bridgehead atoms. The van der Waals surface area contributed by atoms with Gasteiger partial charge in [0.1, 0.15) is 5.75 Å². The Labute approximate surface area is 111 Å². The molecule has 1 aromatic rings. The number of hydrogen-bond donors (Lipinski definition) is 0. The van der Waals surface area contributed by atoms with E-state index in [-0.39, 0.29) is 19.6 Å². The second-order valence-corrected chi connectivity index (χ2v) is 3.96. The minimum atomic E-state index is -0.551. The number of methoxy groups -OCH3 is 1. The molecule has 0 unspecified atom stereocenters. The van der Waals surface area contributed by atoms with Crippen LogP contribution in [0, 0.1) is 10.1 Å². The Morgan fingerprint density at radius 1 is 1.42 bits per heavy atom. The summed E-state index contributed by atoms with van der Waals surface area (Å²) in [7, 11) is 1.49. The lowest BCUT2D eigenvalue weighted by atomic mass is 9.95. The van der Waals surface area contributed by atoms with Crippen molar-refractivity contribution in [1.29, 1.82) is 0 Å². The molecule has 0 saturated carbocycles. The number of esters is 1. The average molecular weight is 267 g/mol. The maximum atomic E-state index is 11.5. The molecule has 0 fully saturated rings. The summed E-state index contributed by atoms with van der Waals surface area (Å²) in [5.74, 6) is -0.455. The van der Waals surface area contributed by atoms with Crippen LogP contribution in [0.2, 0.25) is 0 Å². The normalized spacial score (nSPS) is 11.7. The van der Waals surface area contributed by atoms with E-state index in [0.29, 0.717) is 11.3 Å². The van der Waals surface area contributed by atoms with Crippen molar-refractivity contribution >= 4 is 5.97 Å². The van der Waals surface area contributed by atoms with Crippen LogP contribution in [0.3, 0.4) is 0 Å². The molecule has 0 aliphatic rings. The van der Waals surface area contributed by atoms with Gasteiger partial charge in [-0.1, -0.05) is 18.2 Å². The van der Waals surface area contributed by atoms with Gasteiger partial charge in [0.15, 0.2) is 0 Å². The topological polar surface area (TPSA) is 78.7 Å². The van der Waals surface area contributed by atoms with E-state index in [9.17, 15) is 14.9 Å². The molecule has 6 heteroatoms. The van der Waals surface area contributed by atoms with Crippen molar-refractivity contribution in [3.63, 3.8) is 0 Å². The summed E-state index contributed by atoms with van der Waals surface area (Å²) in [4.78, 5) is 21.8. The van der Waals surface area contributed by atoms with E-state index in [1.807, 2.05) is 0 Å². The summed E-state index contributed by atoms with van der Waals surface area (Å²) < 4.78 is 10.0. The molecule has 0 radical (unpaired) electrons. The van der Waals surface area contributed by atoms with Gasteiger partial charge in [-0.25, -0.2) is 0 Å². The van der Waals surface area contributed by atoms with Gasteiger partial charge in [0, 0.05) is 10.5 Å². The Morgan fingerprint density at radius 3 is 2.68 bits per heavy atom. The molecule has 1 rings (SSSR count). The Hall–Kier alpha value is -2.11. The minimum absolute atomic E-state index is 0.0325. The first-order valence-electron chi connectivity index (χ1n) is 5.98. The van der Waals surface area contributed by atoms with Gasteiger partial charge in [-0.15, -0.1) is 0 Å². The monoisotopic (exact) mass is 267 g/mol. The predicted molar refractivity (Wildman–Crippen MR) is 68.8 cm³/mol. The van der Waals surface area contributed by atoms with E-state index >= 15 is 0 Å². The van der Waals surface area contributed by atoms with Crippen LogP contribution < -0.4 is 4.74 Å². The van der Waals surface area contributed by atoms with Gasteiger partial charge in [-0.05, 0) is 13.0 Å². The van der Waals surface area contributed by atoms with Crippen molar-refractivity contribution < 1.29 is 19.2 Å². The summed E-state index contributed by atoms with van der Waals surface area (Å²) in [6.45, 7) is 1.62. The predicted octanol–water partition coefficient (Wildman–Crippen LogP) is 2.01. The maximum absolute atomic E-state index is 11.5. The van der Waals surface area contributed by atoms with E-state index in [2.05, 4.69) is 0 Å². The molecule has 104 valence electrons. The standard InChI is InChI=1S/C13H17NO5/c1-3-19-13(15)8-10(9-14(16)17)11-6-4-5-7-12(11)18-2/h4-7,10H,3,8-9H2,1-2H3/t10-/m0/s1. The first-order chi connectivity index (χ1) is 9.08. The maximum Gasteiger partial charge on any atom is 0.306 e. The van der Waals surface area contributed by atoms with E-state index < -0.39 is 16.8 Å². The van der Waals surface area contributed by atoms with E-state index in [1.54, 1.807) is 31.2 Å². The Balaban J connectivity index is 2.95. The third-order valence-electron chi connectivity index (χ3n) is 2.67. The smallest absolute Gasteiger partial charge is 0.306 e. The molecule has 0 aliphatic heterocycles. The number of carbonyl (C=O) groups is 1. The van der Waals surface area contributed by atoms with Gasteiger partial charge in [0.25, 0.3) is 0 Å². The quantitative estimate of drug-likeness (QED) is 0.429. The molecular weight excluding hydrogens is 250 g/mol. The number of para-hydroxylation sites is 1. The SMILES string of the molecule is CCOC(=O)C[C@@H](C[N+](=O)[O-])c1ccccc1OC. The number of hydrogen-bond acceptors (Lipinski definition) is 5. The highest BCUT2D eigenvalue weighted by Crippen LogP contribution is 2.29. The molecule has 0 amide bonds. The summed E-state index contributed by atoms with van der Waals surface area (Å²) in [5, 5.41) is 10.7. The largest absolute Gasteiger partial charge is 0.496 e. The van der Waals surface area contributed by atoms with Crippen LogP contribution in [0.4, 0.5) is 0 Å². The van der Waals surface area contributed by atoms with Crippen molar-refractivity contribution in [3.8, 4) is 5.75 Å². The van der Waals surface area contributed by atoms with E-state index in [0.717, 1.165) is 0 Å². The van der Waals surface area contributed by atoms with Crippen molar-refractivity contribution in [2.75, 3.05) is 20.3 Å². The third kappa shape index (κ3) is 4.57. The average Bonchev–Trinajstić information content (AvgIpc) is 2.37. The fourth-order valence-corrected chi connectivity index (χ4v) is 1.88. The van der Waals surface area contributed by atoms with Crippen LogP contribution >= 0.6 is 0 Å². The van der Waals surface area contributed by atoms with Crippen LogP contribution in [-0.4, -0.2) is 31.2 Å². The van der Waals surface area contributed by atoms with Gasteiger partial charge in [0.2, 0.25) is 6.54 Å². The fourth-order valence-electron chi connectivity index (χ4n) is 1.88. The van der Waals surface area contributed by atoms with Crippen LogP contribution in [0.15, 0.2) is 24.3 Å². The fraction of sp³-hybridized carbons (Fsp3) is 0.462. The summed E-state index contributed by atoms with van der Waals surface area (Å²) >= 11 is 0. The summed E-state index contributed by atoms with van der Waals surface area (Å²) in [5.41, 5.74) is 0.648. The Morgan fingerprint density at radius 2 is 2.11 bits per heavy atom. The lowest BCUT2D eigenvalue weighted by molar-refractivity contribution is -0.483. The van der Waals surface area contributed by atoms with Crippen molar-refractivity contribution in [2.24, 2.45) is 0 Å². The second kappa shape index (κ2) is 7.35. The zero-order valence-corrected chi connectivity index (χ0v) is 11.0. The van der Waals surface area contributed by atoms with Crippen molar-refractivity contribution in [2.45, 2.75) is 19.3 Å². The van der Waals surface area contributed by atoms with Crippen molar-refractivity contribution in [1.82, 2.24) is 0 Å². The molecule has 0 heterocycles. The molecule has 1 atom stereocenters. The third-order valence-corrected chi connectivity index (χ3v) is 2.67. The number of nitro groups is 1. The molecule has 6 nitrogen and oxygen atoms in total. The number of benzene rings is 1. The lowest BCUT2D eigenvalue weighted by Crippen LogP contribution is -2.18. The molecular formula is C13H17NO5. The van der Waals surface area contributed by atoms with Crippen LogP contribution in [0.25, 0.3) is 0 Å². The van der Waals surface area contributed by atoms with Crippen LogP contribution in [0.5, 0.6) is 5.75 Å². The first-order valence-corrected chi connectivity index (χ1v) is 5.98.